The van der Waals surface area contributed by atoms with Crippen molar-refractivity contribution < 1.29 is 0 Å². The second kappa shape index (κ2) is 4.56. The summed E-state index contributed by atoms with van der Waals surface area (Å²) >= 11 is 0. The molecule has 1 aromatic carbocycles. The number of benzene rings is 1. The maximum absolute atomic E-state index is 5.79. The molecule has 0 saturated heterocycles. The van der Waals surface area contributed by atoms with E-state index >= 15 is 0 Å². The molecule has 0 aromatic heterocycles. The van der Waals surface area contributed by atoms with Crippen molar-refractivity contribution >= 4 is 12.2 Å². The molecule has 0 heterocycles. The molecule has 0 fully saturated rings. The standard InChI is InChI=1S/C11H15N3/c1-8-4-5-10(9(2)6-8)11(12)14-7-13-3/h4-7H,1-3H3,(H2,12,13,14). The fourth-order valence-electron chi connectivity index (χ4n) is 1.29. The molecular formula is C11H15N3. The minimum Gasteiger partial charge on any atom is -0.383 e. The minimum atomic E-state index is 0.508. The van der Waals surface area contributed by atoms with Gasteiger partial charge in [-0.3, -0.25) is 4.99 Å². The van der Waals surface area contributed by atoms with E-state index in [1.165, 1.54) is 11.9 Å². The van der Waals surface area contributed by atoms with E-state index in [1.54, 1.807) is 7.05 Å². The summed E-state index contributed by atoms with van der Waals surface area (Å²) in [6.45, 7) is 4.07. The monoisotopic (exact) mass is 189 g/mol. The quantitative estimate of drug-likeness (QED) is 0.558. The fraction of sp³-hybridized carbons (Fsp3) is 0.273. The third kappa shape index (κ3) is 2.42. The number of hydrogen-bond acceptors (Lipinski definition) is 1. The van der Waals surface area contributed by atoms with Gasteiger partial charge >= 0.3 is 0 Å². The number of hydrogen-bond donors (Lipinski definition) is 1. The van der Waals surface area contributed by atoms with E-state index in [2.05, 4.69) is 23.0 Å². The molecular weight excluding hydrogens is 174 g/mol. The highest BCUT2D eigenvalue weighted by Gasteiger charge is 2.01. The van der Waals surface area contributed by atoms with Crippen LogP contribution in [-0.4, -0.2) is 19.2 Å². The lowest BCUT2D eigenvalue weighted by molar-refractivity contribution is 1.35. The molecule has 0 amide bonds. The van der Waals surface area contributed by atoms with Gasteiger partial charge in [-0.2, -0.15) is 0 Å². The molecule has 0 spiro atoms. The van der Waals surface area contributed by atoms with Crippen LogP contribution in [-0.2, 0) is 0 Å². The molecule has 0 aliphatic rings. The second-order valence-electron chi connectivity index (χ2n) is 3.21. The van der Waals surface area contributed by atoms with E-state index in [0.717, 1.165) is 11.1 Å². The lowest BCUT2D eigenvalue weighted by Crippen LogP contribution is -2.14. The highest BCUT2D eigenvalue weighted by molar-refractivity contribution is 6.02. The molecule has 1 aromatic rings. The van der Waals surface area contributed by atoms with Gasteiger partial charge in [-0.15, -0.1) is 0 Å². The summed E-state index contributed by atoms with van der Waals surface area (Å²) in [5, 5.41) is 0. The Bertz CT molecular complexity index is 378. The Morgan fingerprint density at radius 1 is 1.36 bits per heavy atom. The summed E-state index contributed by atoms with van der Waals surface area (Å²) in [4.78, 5) is 7.76. The Morgan fingerprint density at radius 2 is 2.07 bits per heavy atom. The van der Waals surface area contributed by atoms with Gasteiger partial charge < -0.3 is 5.73 Å². The van der Waals surface area contributed by atoms with Gasteiger partial charge in [-0.05, 0) is 19.4 Å². The van der Waals surface area contributed by atoms with Crippen molar-refractivity contribution in [2.45, 2.75) is 13.8 Å². The van der Waals surface area contributed by atoms with Crippen LogP contribution >= 0.6 is 0 Å². The summed E-state index contributed by atoms with van der Waals surface area (Å²) in [5.41, 5.74) is 9.12. The molecule has 74 valence electrons. The van der Waals surface area contributed by atoms with Crippen molar-refractivity contribution in [3.05, 3.63) is 34.9 Å². The summed E-state index contributed by atoms with van der Waals surface area (Å²) in [7, 11) is 1.67. The molecule has 0 bridgehead atoms. The largest absolute Gasteiger partial charge is 0.383 e. The zero-order valence-corrected chi connectivity index (χ0v) is 8.78. The molecule has 1 rings (SSSR count). The predicted molar refractivity (Wildman–Crippen MR) is 61.1 cm³/mol. The second-order valence-corrected chi connectivity index (χ2v) is 3.21. The number of aryl methyl sites for hydroxylation is 2. The number of nitrogens with zero attached hydrogens (tertiary/aromatic N) is 2. The zero-order valence-electron chi connectivity index (χ0n) is 8.78. The third-order valence-corrected chi connectivity index (χ3v) is 1.97. The van der Waals surface area contributed by atoms with Crippen LogP contribution in [0.25, 0.3) is 0 Å². The smallest absolute Gasteiger partial charge is 0.132 e. The minimum absolute atomic E-state index is 0.508. The number of nitrogens with two attached hydrogens (primary N) is 1. The van der Waals surface area contributed by atoms with Gasteiger partial charge in [0.1, 0.15) is 12.2 Å². The number of rotatable bonds is 2. The van der Waals surface area contributed by atoms with Gasteiger partial charge in [0, 0.05) is 12.6 Å². The Labute approximate surface area is 84.4 Å². The molecule has 0 saturated carbocycles. The molecule has 0 unspecified atom stereocenters. The zero-order chi connectivity index (χ0) is 10.6. The van der Waals surface area contributed by atoms with Crippen LogP contribution in [0.3, 0.4) is 0 Å². The first-order valence-electron chi connectivity index (χ1n) is 4.46. The van der Waals surface area contributed by atoms with E-state index in [9.17, 15) is 0 Å². The van der Waals surface area contributed by atoms with Gasteiger partial charge in [0.15, 0.2) is 0 Å². The van der Waals surface area contributed by atoms with Crippen LogP contribution < -0.4 is 5.73 Å². The fourth-order valence-corrected chi connectivity index (χ4v) is 1.29. The van der Waals surface area contributed by atoms with Gasteiger partial charge in [-0.25, -0.2) is 4.99 Å². The average Bonchev–Trinajstić information content (AvgIpc) is 2.14. The van der Waals surface area contributed by atoms with Gasteiger partial charge in [0.2, 0.25) is 0 Å². The molecule has 14 heavy (non-hydrogen) atoms. The van der Waals surface area contributed by atoms with Crippen molar-refractivity contribution in [3.63, 3.8) is 0 Å². The van der Waals surface area contributed by atoms with Crippen LogP contribution in [0.4, 0.5) is 0 Å². The van der Waals surface area contributed by atoms with Gasteiger partial charge in [0.25, 0.3) is 0 Å². The maximum atomic E-state index is 5.79. The number of amidine groups is 1. The Balaban J connectivity index is 3.07. The molecule has 3 heteroatoms. The lowest BCUT2D eigenvalue weighted by Gasteiger charge is -2.04. The van der Waals surface area contributed by atoms with Crippen LogP contribution in [0.1, 0.15) is 16.7 Å². The van der Waals surface area contributed by atoms with Crippen molar-refractivity contribution in [1.29, 1.82) is 0 Å². The number of aliphatic imine (C=N–C) groups is 2. The molecule has 3 nitrogen and oxygen atoms in total. The first-order valence-corrected chi connectivity index (χ1v) is 4.46. The first-order chi connectivity index (χ1) is 6.65. The maximum Gasteiger partial charge on any atom is 0.132 e. The van der Waals surface area contributed by atoms with E-state index in [1.807, 2.05) is 19.1 Å². The van der Waals surface area contributed by atoms with Crippen molar-refractivity contribution in [1.82, 2.24) is 0 Å². The van der Waals surface area contributed by atoms with Crippen molar-refractivity contribution in [3.8, 4) is 0 Å². The van der Waals surface area contributed by atoms with Crippen molar-refractivity contribution in [2.24, 2.45) is 15.7 Å². The molecule has 0 aliphatic heterocycles. The topological polar surface area (TPSA) is 50.7 Å². The van der Waals surface area contributed by atoms with Crippen molar-refractivity contribution in [2.75, 3.05) is 7.05 Å². The van der Waals surface area contributed by atoms with E-state index in [-0.39, 0.29) is 0 Å². The highest BCUT2D eigenvalue weighted by atomic mass is 14.9. The van der Waals surface area contributed by atoms with Crippen LogP contribution in [0.2, 0.25) is 0 Å². The molecule has 0 radical (unpaired) electrons. The summed E-state index contributed by atoms with van der Waals surface area (Å²) in [6.07, 6.45) is 1.45. The van der Waals surface area contributed by atoms with E-state index in [0.29, 0.717) is 5.84 Å². The molecule has 0 atom stereocenters. The van der Waals surface area contributed by atoms with E-state index in [4.69, 9.17) is 5.73 Å². The predicted octanol–water partition coefficient (Wildman–Crippen LogP) is 1.67. The van der Waals surface area contributed by atoms with Gasteiger partial charge in [-0.1, -0.05) is 23.8 Å². The summed E-state index contributed by atoms with van der Waals surface area (Å²) in [5.74, 6) is 0.508. The molecule has 0 aliphatic carbocycles. The van der Waals surface area contributed by atoms with E-state index < -0.39 is 0 Å². The lowest BCUT2D eigenvalue weighted by atomic mass is 10.1. The van der Waals surface area contributed by atoms with Crippen LogP contribution in [0.5, 0.6) is 0 Å². The SMILES string of the molecule is CN=CN=C(N)c1ccc(C)cc1C. The Morgan fingerprint density at radius 3 is 2.64 bits per heavy atom. The molecule has 2 N–H and O–H groups in total. The van der Waals surface area contributed by atoms with Gasteiger partial charge in [0.05, 0.1) is 0 Å². The summed E-state index contributed by atoms with van der Waals surface area (Å²) < 4.78 is 0. The average molecular weight is 189 g/mol. The van der Waals surface area contributed by atoms with Crippen LogP contribution in [0, 0.1) is 13.8 Å². The Kier molecular flexibility index (Phi) is 3.40. The highest BCUT2D eigenvalue weighted by Crippen LogP contribution is 2.09. The normalized spacial score (nSPS) is 12.4. The first kappa shape index (κ1) is 10.4. The Hall–Kier alpha value is -1.64. The van der Waals surface area contributed by atoms with Crippen LogP contribution in [0.15, 0.2) is 28.2 Å². The summed E-state index contributed by atoms with van der Waals surface area (Å²) in [6, 6.07) is 6.08. The third-order valence-electron chi connectivity index (χ3n) is 1.97.